The van der Waals surface area contributed by atoms with Crippen LogP contribution in [0.25, 0.3) is 0 Å². The highest BCUT2D eigenvalue weighted by Gasteiger charge is 2.20. The average Bonchev–Trinajstić information content (AvgIpc) is 2.46. The molecule has 1 fully saturated rings. The molecular weight excluding hydrogens is 228 g/mol. The molecule has 1 N–H and O–H groups in total. The average molecular weight is 246 g/mol. The maximum absolute atomic E-state index is 8.88. The Morgan fingerprint density at radius 1 is 1.61 bits per heavy atom. The first kappa shape index (κ1) is 12.8. The van der Waals surface area contributed by atoms with E-state index in [1.54, 1.807) is 0 Å². The van der Waals surface area contributed by atoms with E-state index in [9.17, 15) is 0 Å². The Labute approximate surface area is 107 Å². The quantitative estimate of drug-likeness (QED) is 0.865. The molecule has 1 saturated heterocycles. The fraction of sp³-hybridized carbons (Fsp3) is 0.538. The van der Waals surface area contributed by atoms with E-state index >= 15 is 0 Å². The molecule has 0 spiro atoms. The van der Waals surface area contributed by atoms with Gasteiger partial charge in [0.15, 0.2) is 6.10 Å². The maximum atomic E-state index is 8.88. The molecule has 18 heavy (non-hydrogen) atoms. The first-order valence-corrected chi connectivity index (χ1v) is 6.14. The van der Waals surface area contributed by atoms with Crippen LogP contribution < -0.4 is 10.2 Å². The molecule has 0 amide bonds. The predicted molar refractivity (Wildman–Crippen MR) is 69.3 cm³/mol. The van der Waals surface area contributed by atoms with Crippen molar-refractivity contribution in [1.29, 1.82) is 5.26 Å². The van der Waals surface area contributed by atoms with Crippen molar-refractivity contribution in [1.82, 2.24) is 10.3 Å². The molecule has 2 unspecified atom stereocenters. The highest BCUT2D eigenvalue weighted by Crippen LogP contribution is 2.18. The monoisotopic (exact) mass is 246 g/mol. The summed E-state index contributed by atoms with van der Waals surface area (Å²) in [4.78, 5) is 6.58. The molecule has 0 bridgehead atoms. The molecule has 5 heteroatoms. The van der Waals surface area contributed by atoms with Gasteiger partial charge in [-0.25, -0.2) is 0 Å². The van der Waals surface area contributed by atoms with E-state index in [-0.39, 0.29) is 12.1 Å². The first-order chi connectivity index (χ1) is 8.74. The fourth-order valence-electron chi connectivity index (χ4n) is 1.95. The molecule has 0 radical (unpaired) electrons. The van der Waals surface area contributed by atoms with Crippen molar-refractivity contribution in [3.63, 3.8) is 0 Å². The van der Waals surface area contributed by atoms with Crippen LogP contribution in [0.5, 0.6) is 0 Å². The van der Waals surface area contributed by atoms with Crippen LogP contribution in [0.15, 0.2) is 18.3 Å². The zero-order valence-electron chi connectivity index (χ0n) is 10.8. The van der Waals surface area contributed by atoms with E-state index in [0.717, 1.165) is 17.9 Å². The summed E-state index contributed by atoms with van der Waals surface area (Å²) >= 11 is 0. The van der Waals surface area contributed by atoms with Gasteiger partial charge < -0.3 is 15.0 Å². The largest absolute Gasteiger partial charge is 0.364 e. The summed E-state index contributed by atoms with van der Waals surface area (Å²) < 4.78 is 5.32. The van der Waals surface area contributed by atoms with Crippen LogP contribution in [0.3, 0.4) is 0 Å². The van der Waals surface area contributed by atoms with E-state index in [1.165, 1.54) is 0 Å². The first-order valence-electron chi connectivity index (χ1n) is 6.14. The molecule has 0 aliphatic carbocycles. The molecule has 2 rings (SSSR count). The lowest BCUT2D eigenvalue weighted by Crippen LogP contribution is -2.41. The molecule has 1 aromatic rings. The summed E-state index contributed by atoms with van der Waals surface area (Å²) in [5, 5.41) is 12.0. The Morgan fingerprint density at radius 3 is 3.06 bits per heavy atom. The third-order valence-corrected chi connectivity index (χ3v) is 3.22. The summed E-state index contributed by atoms with van der Waals surface area (Å²) in [7, 11) is 1.92. The molecule has 0 saturated carbocycles. The Bertz CT molecular complexity index is 426. The number of aromatic nitrogens is 1. The number of hydrogen-bond donors (Lipinski definition) is 1. The van der Waals surface area contributed by atoms with E-state index in [4.69, 9.17) is 10.00 Å². The number of hydrogen-bond acceptors (Lipinski definition) is 5. The normalized spacial score (nSPS) is 21.4. The van der Waals surface area contributed by atoms with Crippen molar-refractivity contribution in [2.24, 2.45) is 0 Å². The summed E-state index contributed by atoms with van der Waals surface area (Å²) in [6.45, 7) is 4.08. The SMILES string of the molecule is CNC(C)c1ccc(N2CCOC(C#N)C2)cn1. The van der Waals surface area contributed by atoms with Crippen molar-refractivity contribution >= 4 is 5.69 Å². The highest BCUT2D eigenvalue weighted by atomic mass is 16.5. The van der Waals surface area contributed by atoms with Gasteiger partial charge in [0.05, 0.1) is 36.8 Å². The summed E-state index contributed by atoms with van der Waals surface area (Å²) in [5.41, 5.74) is 2.07. The molecule has 0 aromatic carbocycles. The Morgan fingerprint density at radius 2 is 2.44 bits per heavy atom. The van der Waals surface area contributed by atoms with Gasteiger partial charge >= 0.3 is 0 Å². The van der Waals surface area contributed by atoms with Gasteiger partial charge in [0.1, 0.15) is 0 Å². The Balaban J connectivity index is 2.07. The van der Waals surface area contributed by atoms with E-state index in [1.807, 2.05) is 19.3 Å². The standard InChI is InChI=1S/C13H18N4O/c1-10(15-2)13-4-3-11(8-16-13)17-5-6-18-12(7-14)9-17/h3-4,8,10,12,15H,5-6,9H2,1-2H3. The van der Waals surface area contributed by atoms with E-state index in [0.29, 0.717) is 13.2 Å². The van der Waals surface area contributed by atoms with Gasteiger partial charge in [-0.3, -0.25) is 4.98 Å². The summed E-state index contributed by atoms with van der Waals surface area (Å²) in [6.07, 6.45) is 1.53. The number of anilines is 1. The van der Waals surface area contributed by atoms with Gasteiger partial charge in [-0.1, -0.05) is 0 Å². The Kier molecular flexibility index (Phi) is 4.13. The third-order valence-electron chi connectivity index (χ3n) is 3.22. The minimum atomic E-state index is -0.338. The zero-order chi connectivity index (χ0) is 13.0. The van der Waals surface area contributed by atoms with Crippen LogP contribution in [0.1, 0.15) is 18.7 Å². The lowest BCUT2D eigenvalue weighted by molar-refractivity contribution is 0.0764. The van der Waals surface area contributed by atoms with Crippen LogP contribution in [-0.4, -0.2) is 37.8 Å². The zero-order valence-corrected chi connectivity index (χ0v) is 10.8. The number of nitriles is 1. The molecule has 2 heterocycles. The molecule has 1 aliphatic heterocycles. The van der Waals surface area contributed by atoms with Crippen LogP contribution in [-0.2, 0) is 4.74 Å². The summed E-state index contributed by atoms with van der Waals surface area (Å²) in [6, 6.07) is 6.47. The van der Waals surface area contributed by atoms with Crippen molar-refractivity contribution in [2.45, 2.75) is 19.1 Å². The van der Waals surface area contributed by atoms with Crippen molar-refractivity contribution in [3.05, 3.63) is 24.0 Å². The van der Waals surface area contributed by atoms with Gasteiger partial charge in [0.25, 0.3) is 0 Å². The lowest BCUT2D eigenvalue weighted by atomic mass is 10.2. The van der Waals surface area contributed by atoms with Crippen molar-refractivity contribution < 1.29 is 4.74 Å². The van der Waals surface area contributed by atoms with Gasteiger partial charge in [-0.05, 0) is 26.1 Å². The van der Waals surface area contributed by atoms with Crippen LogP contribution in [0.4, 0.5) is 5.69 Å². The predicted octanol–water partition coefficient (Wildman–Crippen LogP) is 1.09. The Hall–Kier alpha value is -1.64. The fourth-order valence-corrected chi connectivity index (χ4v) is 1.95. The van der Waals surface area contributed by atoms with Crippen LogP contribution >= 0.6 is 0 Å². The minimum absolute atomic E-state index is 0.246. The maximum Gasteiger partial charge on any atom is 0.161 e. The molecular formula is C13H18N4O. The summed E-state index contributed by atoms with van der Waals surface area (Å²) in [5.74, 6) is 0. The van der Waals surface area contributed by atoms with Gasteiger partial charge in [-0.2, -0.15) is 5.26 Å². The van der Waals surface area contributed by atoms with Gasteiger partial charge in [-0.15, -0.1) is 0 Å². The molecule has 2 atom stereocenters. The van der Waals surface area contributed by atoms with Gasteiger partial charge in [0, 0.05) is 12.6 Å². The van der Waals surface area contributed by atoms with Crippen LogP contribution in [0, 0.1) is 11.3 Å². The van der Waals surface area contributed by atoms with Crippen LogP contribution in [0.2, 0.25) is 0 Å². The number of nitrogens with zero attached hydrogens (tertiary/aromatic N) is 3. The van der Waals surface area contributed by atoms with E-state index in [2.05, 4.69) is 34.3 Å². The second kappa shape index (κ2) is 5.80. The van der Waals surface area contributed by atoms with Crippen molar-refractivity contribution in [3.8, 4) is 6.07 Å². The molecule has 5 nitrogen and oxygen atoms in total. The lowest BCUT2D eigenvalue weighted by Gasteiger charge is -2.31. The van der Waals surface area contributed by atoms with E-state index < -0.39 is 0 Å². The third kappa shape index (κ3) is 2.78. The molecule has 1 aromatic heterocycles. The highest BCUT2D eigenvalue weighted by molar-refractivity contribution is 5.45. The number of ether oxygens (including phenoxy) is 1. The molecule has 96 valence electrons. The number of nitrogens with one attached hydrogen (secondary N) is 1. The number of morpholine rings is 1. The minimum Gasteiger partial charge on any atom is -0.364 e. The van der Waals surface area contributed by atoms with Crippen molar-refractivity contribution in [2.75, 3.05) is 31.6 Å². The smallest absolute Gasteiger partial charge is 0.161 e. The second-order valence-corrected chi connectivity index (χ2v) is 4.39. The second-order valence-electron chi connectivity index (χ2n) is 4.39. The number of pyridine rings is 1. The topological polar surface area (TPSA) is 61.2 Å². The number of rotatable bonds is 3. The molecule has 1 aliphatic rings. The van der Waals surface area contributed by atoms with Gasteiger partial charge in [0.2, 0.25) is 0 Å².